The van der Waals surface area contributed by atoms with Crippen molar-refractivity contribution in [3.8, 4) is 0 Å². The highest BCUT2D eigenvalue weighted by molar-refractivity contribution is 8.14. The molecule has 2 aliphatic rings. The molecule has 0 bridgehead atoms. The molecule has 0 spiro atoms. The van der Waals surface area contributed by atoms with Gasteiger partial charge in [-0.05, 0) is 45.1 Å². The lowest BCUT2D eigenvalue weighted by Gasteiger charge is -2.30. The number of ether oxygens (including phenoxy) is 1. The van der Waals surface area contributed by atoms with E-state index in [1.165, 1.54) is 29.1 Å². The summed E-state index contributed by atoms with van der Waals surface area (Å²) in [6.45, 7) is 5.35. The van der Waals surface area contributed by atoms with Crippen LogP contribution in [0, 0.1) is 6.92 Å². The first-order valence-electron chi connectivity index (χ1n) is 9.39. The monoisotopic (exact) mass is 390 g/mol. The smallest absolute Gasteiger partial charge is 0.325 e. The van der Waals surface area contributed by atoms with Crippen molar-refractivity contribution in [3.05, 3.63) is 35.4 Å². The average Bonchev–Trinajstić information content (AvgIpc) is 2.91. The van der Waals surface area contributed by atoms with E-state index >= 15 is 0 Å². The Morgan fingerprint density at radius 3 is 2.37 bits per heavy atom. The minimum atomic E-state index is -0.328. The number of rotatable bonds is 3. The first-order chi connectivity index (χ1) is 12.8. The summed E-state index contributed by atoms with van der Waals surface area (Å²) in [6.07, 6.45) is 2.89. The van der Waals surface area contributed by atoms with Gasteiger partial charge in [0.15, 0.2) is 0 Å². The van der Waals surface area contributed by atoms with E-state index in [9.17, 15) is 14.4 Å². The van der Waals surface area contributed by atoms with Crippen LogP contribution in [0.5, 0.6) is 0 Å². The molecule has 2 fully saturated rings. The number of nitrogens with zero attached hydrogens (tertiary/aromatic N) is 1. The highest BCUT2D eigenvalue weighted by Gasteiger charge is 2.43. The lowest BCUT2D eigenvalue weighted by Crippen LogP contribution is -2.49. The first kappa shape index (κ1) is 19.7. The summed E-state index contributed by atoms with van der Waals surface area (Å²) < 4.78 is 5.23. The fourth-order valence-electron chi connectivity index (χ4n) is 3.74. The molecule has 6 nitrogen and oxygen atoms in total. The number of hydrogen-bond donors (Lipinski definition) is 1. The zero-order valence-electron chi connectivity index (χ0n) is 15.9. The predicted molar refractivity (Wildman–Crippen MR) is 105 cm³/mol. The average molecular weight is 391 g/mol. The molecule has 1 aromatic rings. The minimum absolute atomic E-state index is 0.00716. The third-order valence-electron chi connectivity index (χ3n) is 5.23. The first-order valence-corrected chi connectivity index (χ1v) is 10.3. The van der Waals surface area contributed by atoms with Crippen molar-refractivity contribution in [3.63, 3.8) is 0 Å². The Morgan fingerprint density at radius 2 is 1.78 bits per heavy atom. The van der Waals surface area contributed by atoms with Crippen LogP contribution in [0.25, 0.3) is 0 Å². The maximum atomic E-state index is 12.7. The normalized spacial score (nSPS) is 28.1. The number of amides is 3. The molecular weight excluding hydrogens is 364 g/mol. The molecular formula is C20H26N2O4S. The predicted octanol–water partition coefficient (Wildman–Crippen LogP) is 4.18. The third kappa shape index (κ3) is 4.64. The van der Waals surface area contributed by atoms with Crippen LogP contribution in [-0.4, -0.2) is 40.3 Å². The summed E-state index contributed by atoms with van der Waals surface area (Å²) in [5.41, 5.74) is 2.23. The largest absolute Gasteiger partial charge is 0.463 e. The Labute approximate surface area is 164 Å². The van der Waals surface area contributed by atoms with Gasteiger partial charge in [-0.3, -0.25) is 14.5 Å². The van der Waals surface area contributed by atoms with E-state index in [1.54, 1.807) is 0 Å². The van der Waals surface area contributed by atoms with Gasteiger partial charge >= 0.3 is 12.0 Å². The van der Waals surface area contributed by atoms with Crippen molar-refractivity contribution in [2.45, 2.75) is 69.9 Å². The molecule has 146 valence electrons. The van der Waals surface area contributed by atoms with Gasteiger partial charge in [0.1, 0.15) is 6.10 Å². The van der Waals surface area contributed by atoms with E-state index in [2.05, 4.69) is 5.32 Å². The standard InChI is InChI=1S/C20H26N2O4S/c1-12-4-6-15(7-5-12)18-13(2)22(20(25)27-18)19(24)21-16-8-10-17(11-9-16)26-14(3)23/h4-7,13,16-18H,8-11H2,1-3H3,(H,21,24)/t13-,16?,17?,18+/m0/s1. The zero-order chi connectivity index (χ0) is 19.6. The number of carbonyl (C=O) groups excluding carboxylic acids is 3. The van der Waals surface area contributed by atoms with Gasteiger partial charge in [0, 0.05) is 13.0 Å². The Balaban J connectivity index is 1.58. The van der Waals surface area contributed by atoms with Gasteiger partial charge in [-0.15, -0.1) is 0 Å². The number of hydrogen-bond acceptors (Lipinski definition) is 5. The Bertz CT molecular complexity index is 713. The number of carbonyl (C=O) groups is 3. The summed E-state index contributed by atoms with van der Waals surface area (Å²) in [4.78, 5) is 37.6. The summed E-state index contributed by atoms with van der Waals surface area (Å²) >= 11 is 1.21. The second kappa shape index (κ2) is 8.33. The van der Waals surface area contributed by atoms with Crippen molar-refractivity contribution in [1.82, 2.24) is 10.2 Å². The second-order valence-electron chi connectivity index (χ2n) is 7.36. The molecule has 0 radical (unpaired) electrons. The molecule has 1 N–H and O–H groups in total. The van der Waals surface area contributed by atoms with Crippen LogP contribution in [-0.2, 0) is 9.53 Å². The fraction of sp³-hybridized carbons (Fsp3) is 0.550. The quantitative estimate of drug-likeness (QED) is 0.784. The Hall–Kier alpha value is -2.02. The van der Waals surface area contributed by atoms with Gasteiger partial charge in [-0.25, -0.2) is 4.79 Å². The molecule has 3 rings (SSSR count). The third-order valence-corrected chi connectivity index (χ3v) is 6.55. The molecule has 3 amide bonds. The van der Waals surface area contributed by atoms with Gasteiger partial charge in [-0.1, -0.05) is 41.6 Å². The molecule has 0 unspecified atom stereocenters. The molecule has 7 heteroatoms. The number of thioether (sulfide) groups is 1. The molecule has 2 atom stereocenters. The number of urea groups is 1. The van der Waals surface area contributed by atoms with Crippen molar-refractivity contribution in [2.24, 2.45) is 0 Å². The maximum absolute atomic E-state index is 12.7. The van der Waals surface area contributed by atoms with Gasteiger partial charge in [0.25, 0.3) is 5.24 Å². The van der Waals surface area contributed by atoms with Crippen LogP contribution >= 0.6 is 11.8 Å². The molecule has 1 saturated heterocycles. The van der Waals surface area contributed by atoms with Crippen LogP contribution in [0.4, 0.5) is 9.59 Å². The number of aryl methyl sites for hydroxylation is 1. The molecule has 1 aliphatic heterocycles. The summed E-state index contributed by atoms with van der Waals surface area (Å²) in [6, 6.07) is 7.57. The number of benzene rings is 1. The maximum Gasteiger partial charge on any atom is 0.325 e. The van der Waals surface area contributed by atoms with Gasteiger partial charge < -0.3 is 10.1 Å². The summed E-state index contributed by atoms with van der Waals surface area (Å²) in [5, 5.41) is 2.73. The highest BCUT2D eigenvalue weighted by atomic mass is 32.2. The van der Waals surface area contributed by atoms with Crippen LogP contribution in [0.1, 0.15) is 55.9 Å². The Morgan fingerprint density at radius 1 is 1.15 bits per heavy atom. The van der Waals surface area contributed by atoms with Crippen LogP contribution < -0.4 is 5.32 Å². The van der Waals surface area contributed by atoms with Gasteiger partial charge in [0.2, 0.25) is 0 Å². The van der Waals surface area contributed by atoms with Crippen molar-refractivity contribution < 1.29 is 19.1 Å². The van der Waals surface area contributed by atoms with Crippen LogP contribution in [0.2, 0.25) is 0 Å². The van der Waals surface area contributed by atoms with E-state index in [-0.39, 0.29) is 40.7 Å². The number of esters is 1. The summed E-state index contributed by atoms with van der Waals surface area (Å²) in [7, 11) is 0. The van der Waals surface area contributed by atoms with E-state index in [0.29, 0.717) is 0 Å². The molecule has 1 aliphatic carbocycles. The molecule has 0 aromatic heterocycles. The van der Waals surface area contributed by atoms with E-state index in [0.717, 1.165) is 31.2 Å². The van der Waals surface area contributed by atoms with E-state index in [4.69, 9.17) is 4.74 Å². The van der Waals surface area contributed by atoms with Gasteiger partial charge in [-0.2, -0.15) is 0 Å². The highest BCUT2D eigenvalue weighted by Crippen LogP contribution is 2.43. The van der Waals surface area contributed by atoms with Crippen molar-refractivity contribution >= 4 is 29.0 Å². The molecule has 1 saturated carbocycles. The number of imide groups is 1. The van der Waals surface area contributed by atoms with Crippen molar-refractivity contribution in [1.29, 1.82) is 0 Å². The topological polar surface area (TPSA) is 75.7 Å². The molecule has 1 heterocycles. The number of nitrogens with one attached hydrogen (secondary N) is 1. The SMILES string of the molecule is CC(=O)OC1CCC(NC(=O)N2C(=O)S[C@@H](c3ccc(C)cc3)[C@@H]2C)CC1. The fourth-order valence-corrected chi connectivity index (χ4v) is 4.93. The van der Waals surface area contributed by atoms with E-state index in [1.807, 2.05) is 38.1 Å². The van der Waals surface area contributed by atoms with E-state index < -0.39 is 0 Å². The lowest BCUT2D eigenvalue weighted by atomic mass is 9.93. The molecule has 27 heavy (non-hydrogen) atoms. The molecule has 1 aromatic carbocycles. The van der Waals surface area contributed by atoms with Crippen LogP contribution in [0.15, 0.2) is 24.3 Å². The second-order valence-corrected chi connectivity index (χ2v) is 8.45. The van der Waals surface area contributed by atoms with Crippen molar-refractivity contribution in [2.75, 3.05) is 0 Å². The minimum Gasteiger partial charge on any atom is -0.463 e. The summed E-state index contributed by atoms with van der Waals surface area (Å²) in [5.74, 6) is -0.266. The van der Waals surface area contributed by atoms with Gasteiger partial charge in [0.05, 0.1) is 11.3 Å². The lowest BCUT2D eigenvalue weighted by molar-refractivity contribution is -0.147. The van der Waals surface area contributed by atoms with Crippen LogP contribution in [0.3, 0.4) is 0 Å². The zero-order valence-corrected chi connectivity index (χ0v) is 16.8. The Kier molecular flexibility index (Phi) is 6.09.